The summed E-state index contributed by atoms with van der Waals surface area (Å²) < 4.78 is 11.7. The highest BCUT2D eigenvalue weighted by Gasteiger charge is 2.23. The van der Waals surface area contributed by atoms with Crippen molar-refractivity contribution in [2.45, 2.75) is 24.0 Å². The van der Waals surface area contributed by atoms with Gasteiger partial charge in [-0.05, 0) is 55.8 Å². The van der Waals surface area contributed by atoms with E-state index in [4.69, 9.17) is 9.47 Å². The van der Waals surface area contributed by atoms with Crippen LogP contribution in [-0.2, 0) is 9.53 Å². The Morgan fingerprint density at radius 2 is 1.84 bits per heavy atom. The number of thioether (sulfide) groups is 1. The number of hydrogen-bond donors (Lipinski definition) is 0. The van der Waals surface area contributed by atoms with Crippen molar-refractivity contribution in [1.82, 2.24) is 0 Å². The fraction of sp³-hybridized carbons (Fsp3) is 0.250. The zero-order valence-corrected chi connectivity index (χ0v) is 16.5. The van der Waals surface area contributed by atoms with Crippen LogP contribution in [0.5, 0.6) is 5.75 Å². The van der Waals surface area contributed by atoms with Crippen molar-refractivity contribution in [2.75, 3.05) is 13.2 Å². The second kappa shape index (κ2) is 10.2. The first-order chi connectivity index (χ1) is 12.1. The Morgan fingerprint density at radius 1 is 1.16 bits per heavy atom. The van der Waals surface area contributed by atoms with Crippen LogP contribution in [0.4, 0.5) is 0 Å². The fourth-order valence-electron chi connectivity index (χ4n) is 2.05. The van der Waals surface area contributed by atoms with Crippen LogP contribution in [-0.4, -0.2) is 19.2 Å². The van der Waals surface area contributed by atoms with Crippen molar-refractivity contribution in [3.8, 4) is 17.6 Å². The first-order valence-electron chi connectivity index (χ1n) is 7.85. The van der Waals surface area contributed by atoms with Gasteiger partial charge in [-0.3, -0.25) is 4.79 Å². The predicted molar refractivity (Wildman–Crippen MR) is 105 cm³/mol. The van der Waals surface area contributed by atoms with Crippen molar-refractivity contribution in [2.24, 2.45) is 0 Å². The van der Waals surface area contributed by atoms with E-state index in [1.54, 1.807) is 6.92 Å². The Kier molecular flexibility index (Phi) is 7.90. The molecule has 1 unspecified atom stereocenters. The highest BCUT2D eigenvalue weighted by atomic mass is 79.9. The maximum absolute atomic E-state index is 12.4. The standard InChI is InChI=1S/C20H19BrO3S/c1-3-5-14-24-17-10-12-18(13-11-17)25-19(20(22)23-4-2)15-6-8-16(21)9-7-15/h6-13,19H,4,14H2,1-2H3. The van der Waals surface area contributed by atoms with Gasteiger partial charge >= 0.3 is 5.97 Å². The lowest BCUT2D eigenvalue weighted by Gasteiger charge is -2.16. The Hall–Kier alpha value is -1.90. The molecule has 0 aliphatic heterocycles. The number of halogens is 1. The van der Waals surface area contributed by atoms with Crippen molar-refractivity contribution in [3.05, 3.63) is 58.6 Å². The van der Waals surface area contributed by atoms with Gasteiger partial charge in [-0.15, -0.1) is 17.7 Å². The van der Waals surface area contributed by atoms with E-state index in [9.17, 15) is 4.79 Å². The Labute approximate surface area is 161 Å². The summed E-state index contributed by atoms with van der Waals surface area (Å²) in [7, 11) is 0. The quantitative estimate of drug-likeness (QED) is 0.349. The van der Waals surface area contributed by atoms with Gasteiger partial charge in [-0.25, -0.2) is 0 Å². The summed E-state index contributed by atoms with van der Waals surface area (Å²) in [6, 6.07) is 15.3. The molecule has 0 aliphatic rings. The molecule has 2 aromatic carbocycles. The summed E-state index contributed by atoms with van der Waals surface area (Å²) in [4.78, 5) is 13.3. The van der Waals surface area contributed by atoms with E-state index in [1.165, 1.54) is 11.8 Å². The molecular formula is C20H19BrO3S. The number of benzene rings is 2. The summed E-state index contributed by atoms with van der Waals surface area (Å²) in [5.74, 6) is 6.16. The monoisotopic (exact) mass is 418 g/mol. The van der Waals surface area contributed by atoms with Gasteiger partial charge < -0.3 is 9.47 Å². The first kappa shape index (κ1) is 19.4. The second-order valence-electron chi connectivity index (χ2n) is 4.99. The molecule has 0 aliphatic carbocycles. The first-order valence-corrected chi connectivity index (χ1v) is 9.52. The smallest absolute Gasteiger partial charge is 0.323 e. The number of carbonyl (C=O) groups excluding carboxylic acids is 1. The third-order valence-electron chi connectivity index (χ3n) is 3.24. The molecule has 0 amide bonds. The average Bonchev–Trinajstić information content (AvgIpc) is 2.62. The summed E-state index contributed by atoms with van der Waals surface area (Å²) in [5.41, 5.74) is 0.908. The highest BCUT2D eigenvalue weighted by Crippen LogP contribution is 2.37. The van der Waals surface area contributed by atoms with E-state index >= 15 is 0 Å². The third kappa shape index (κ3) is 6.15. The maximum atomic E-state index is 12.4. The lowest BCUT2D eigenvalue weighted by atomic mass is 10.1. The molecule has 1 atom stereocenters. The maximum Gasteiger partial charge on any atom is 0.323 e. The van der Waals surface area contributed by atoms with Gasteiger partial charge in [-0.1, -0.05) is 34.0 Å². The van der Waals surface area contributed by atoms with Crippen LogP contribution in [0, 0.1) is 11.8 Å². The van der Waals surface area contributed by atoms with Gasteiger partial charge in [0, 0.05) is 9.37 Å². The molecule has 130 valence electrons. The molecular weight excluding hydrogens is 400 g/mol. The molecule has 0 spiro atoms. The summed E-state index contributed by atoms with van der Waals surface area (Å²) in [6.07, 6.45) is 0. The van der Waals surface area contributed by atoms with Crippen LogP contribution in [0.1, 0.15) is 24.7 Å². The molecule has 2 rings (SSSR count). The van der Waals surface area contributed by atoms with E-state index in [1.807, 2.05) is 55.5 Å². The number of esters is 1. The van der Waals surface area contributed by atoms with Crippen LogP contribution in [0.25, 0.3) is 0 Å². The lowest BCUT2D eigenvalue weighted by Crippen LogP contribution is -2.13. The second-order valence-corrected chi connectivity index (χ2v) is 7.08. The molecule has 3 nitrogen and oxygen atoms in total. The summed E-state index contributed by atoms with van der Waals surface area (Å²) in [5, 5.41) is -0.411. The van der Waals surface area contributed by atoms with Gasteiger partial charge in [0.25, 0.3) is 0 Å². The third-order valence-corrected chi connectivity index (χ3v) is 5.01. The lowest BCUT2D eigenvalue weighted by molar-refractivity contribution is -0.142. The fourth-order valence-corrected chi connectivity index (χ4v) is 3.34. The molecule has 2 aromatic rings. The zero-order chi connectivity index (χ0) is 18.1. The van der Waals surface area contributed by atoms with Crippen LogP contribution < -0.4 is 4.74 Å². The van der Waals surface area contributed by atoms with Crippen molar-refractivity contribution in [3.63, 3.8) is 0 Å². The Balaban J connectivity index is 2.13. The Bertz CT molecular complexity index is 745. The van der Waals surface area contributed by atoms with E-state index < -0.39 is 5.25 Å². The minimum Gasteiger partial charge on any atom is -0.481 e. The van der Waals surface area contributed by atoms with E-state index in [-0.39, 0.29) is 5.97 Å². The van der Waals surface area contributed by atoms with Crippen molar-refractivity contribution >= 4 is 33.7 Å². The molecule has 0 aromatic heterocycles. The molecule has 0 saturated carbocycles. The number of carbonyl (C=O) groups is 1. The number of hydrogen-bond acceptors (Lipinski definition) is 4. The van der Waals surface area contributed by atoms with Crippen LogP contribution >= 0.6 is 27.7 Å². The van der Waals surface area contributed by atoms with Gasteiger partial charge in [0.05, 0.1) is 6.61 Å². The number of ether oxygens (including phenoxy) is 2. The Morgan fingerprint density at radius 3 is 2.44 bits per heavy atom. The molecule has 0 bridgehead atoms. The molecule has 0 radical (unpaired) electrons. The predicted octanol–water partition coefficient (Wildman–Crippen LogP) is 5.25. The van der Waals surface area contributed by atoms with Gasteiger partial charge in [0.15, 0.2) is 0 Å². The highest BCUT2D eigenvalue weighted by molar-refractivity contribution is 9.10. The minimum atomic E-state index is -0.411. The van der Waals surface area contributed by atoms with Crippen LogP contribution in [0.15, 0.2) is 57.9 Å². The normalized spacial score (nSPS) is 11.2. The van der Waals surface area contributed by atoms with E-state index in [2.05, 4.69) is 27.8 Å². The van der Waals surface area contributed by atoms with Crippen molar-refractivity contribution in [1.29, 1.82) is 0 Å². The van der Waals surface area contributed by atoms with E-state index in [0.29, 0.717) is 13.2 Å². The van der Waals surface area contributed by atoms with Crippen LogP contribution in [0.2, 0.25) is 0 Å². The van der Waals surface area contributed by atoms with Crippen LogP contribution in [0.3, 0.4) is 0 Å². The molecule has 0 fully saturated rings. The molecule has 5 heteroatoms. The molecule has 0 heterocycles. The van der Waals surface area contributed by atoms with Gasteiger partial charge in [0.2, 0.25) is 0 Å². The van der Waals surface area contributed by atoms with Gasteiger partial charge in [0.1, 0.15) is 17.6 Å². The molecule has 0 N–H and O–H groups in total. The zero-order valence-electron chi connectivity index (χ0n) is 14.1. The molecule has 25 heavy (non-hydrogen) atoms. The average molecular weight is 419 g/mol. The number of rotatable bonds is 7. The SMILES string of the molecule is CC#CCOc1ccc(SC(C(=O)OCC)c2ccc(Br)cc2)cc1. The topological polar surface area (TPSA) is 35.5 Å². The largest absolute Gasteiger partial charge is 0.481 e. The summed E-state index contributed by atoms with van der Waals surface area (Å²) in [6.45, 7) is 4.32. The van der Waals surface area contributed by atoms with Crippen molar-refractivity contribution < 1.29 is 14.3 Å². The van der Waals surface area contributed by atoms with E-state index in [0.717, 1.165) is 20.7 Å². The minimum absolute atomic E-state index is 0.242. The van der Waals surface area contributed by atoms with Gasteiger partial charge in [-0.2, -0.15) is 0 Å². The summed E-state index contributed by atoms with van der Waals surface area (Å²) >= 11 is 4.88. The molecule has 0 saturated heterocycles.